The lowest BCUT2D eigenvalue weighted by Crippen LogP contribution is -2.28. The molecular weight excluding hydrogens is 320 g/mol. The van der Waals surface area contributed by atoms with Crippen molar-refractivity contribution >= 4 is 21.7 Å². The quantitative estimate of drug-likeness (QED) is 0.733. The van der Waals surface area contributed by atoms with E-state index in [1.165, 1.54) is 0 Å². The van der Waals surface area contributed by atoms with Crippen LogP contribution in [0.4, 0.5) is 0 Å². The van der Waals surface area contributed by atoms with E-state index >= 15 is 0 Å². The Morgan fingerprint density at radius 3 is 2.40 bits per heavy atom. The van der Waals surface area contributed by atoms with Crippen LogP contribution in [0.3, 0.4) is 0 Å². The molecule has 0 saturated heterocycles. The van der Waals surface area contributed by atoms with E-state index < -0.39 is 0 Å². The lowest BCUT2D eigenvalue weighted by atomic mass is 9.76. The number of rotatable bonds is 5. The molecule has 0 bridgehead atoms. The molecule has 1 aliphatic rings. The van der Waals surface area contributed by atoms with Crippen LogP contribution in [0.5, 0.6) is 11.5 Å². The number of hydrogen-bond acceptors (Lipinski definition) is 3. The molecule has 1 saturated carbocycles. The van der Waals surface area contributed by atoms with Crippen LogP contribution >= 0.6 is 15.9 Å². The molecule has 0 aliphatic heterocycles. The van der Waals surface area contributed by atoms with E-state index in [2.05, 4.69) is 22.9 Å². The third kappa shape index (κ3) is 2.58. The lowest BCUT2D eigenvalue weighted by Gasteiger charge is -2.27. The largest absolute Gasteiger partial charge is 0.497 e. The van der Waals surface area contributed by atoms with E-state index in [1.807, 2.05) is 6.07 Å². The SMILES string of the molecule is CCC1(C(=O)c2c(Br)cc(OC)cc2OC)CCCC1. The molecule has 0 unspecified atom stereocenters. The molecule has 0 radical (unpaired) electrons. The average Bonchev–Trinajstić information content (AvgIpc) is 2.95. The molecule has 1 aliphatic carbocycles. The van der Waals surface area contributed by atoms with Gasteiger partial charge in [0.15, 0.2) is 5.78 Å². The highest BCUT2D eigenvalue weighted by Gasteiger charge is 2.41. The van der Waals surface area contributed by atoms with Gasteiger partial charge < -0.3 is 9.47 Å². The number of carbonyl (C=O) groups excluding carboxylic acids is 1. The number of halogens is 1. The van der Waals surface area contributed by atoms with Gasteiger partial charge in [0.2, 0.25) is 0 Å². The normalized spacial score (nSPS) is 17.0. The fourth-order valence-corrected chi connectivity index (χ4v) is 3.72. The van der Waals surface area contributed by atoms with Gasteiger partial charge in [0.1, 0.15) is 11.5 Å². The Morgan fingerprint density at radius 2 is 1.90 bits per heavy atom. The molecule has 1 fully saturated rings. The number of ether oxygens (including phenoxy) is 2. The van der Waals surface area contributed by atoms with Crippen molar-refractivity contribution in [1.29, 1.82) is 0 Å². The number of Topliss-reactive ketones (excluding diaryl/α,β-unsaturated/α-hetero) is 1. The summed E-state index contributed by atoms with van der Waals surface area (Å²) >= 11 is 3.50. The monoisotopic (exact) mass is 340 g/mol. The highest BCUT2D eigenvalue weighted by molar-refractivity contribution is 9.10. The van der Waals surface area contributed by atoms with Gasteiger partial charge in [0.05, 0.1) is 19.8 Å². The molecule has 0 heterocycles. The zero-order valence-corrected chi connectivity index (χ0v) is 13.9. The van der Waals surface area contributed by atoms with Crippen LogP contribution in [0.1, 0.15) is 49.4 Å². The molecule has 0 atom stereocenters. The maximum absolute atomic E-state index is 13.0. The minimum Gasteiger partial charge on any atom is -0.497 e. The van der Waals surface area contributed by atoms with Crippen LogP contribution in [-0.2, 0) is 0 Å². The Labute approximate surface area is 128 Å². The Kier molecular flexibility index (Phi) is 4.74. The Hall–Kier alpha value is -1.03. The predicted octanol–water partition coefficient (Wildman–Crippen LogP) is 4.62. The zero-order valence-electron chi connectivity index (χ0n) is 12.3. The predicted molar refractivity (Wildman–Crippen MR) is 82.8 cm³/mol. The Bertz CT molecular complexity index is 505. The Morgan fingerprint density at radius 1 is 1.25 bits per heavy atom. The van der Waals surface area contributed by atoms with Crippen LogP contribution < -0.4 is 9.47 Å². The summed E-state index contributed by atoms with van der Waals surface area (Å²) in [6.07, 6.45) is 5.10. The second-order valence-corrected chi connectivity index (χ2v) is 6.21. The second kappa shape index (κ2) is 6.17. The van der Waals surface area contributed by atoms with Gasteiger partial charge in [-0.25, -0.2) is 0 Å². The lowest BCUT2D eigenvalue weighted by molar-refractivity contribution is 0.0787. The summed E-state index contributed by atoms with van der Waals surface area (Å²) in [7, 11) is 3.19. The smallest absolute Gasteiger partial charge is 0.173 e. The first-order valence-corrected chi connectivity index (χ1v) is 7.83. The number of methoxy groups -OCH3 is 2. The van der Waals surface area contributed by atoms with Crippen molar-refractivity contribution in [2.45, 2.75) is 39.0 Å². The maximum atomic E-state index is 13.0. The van der Waals surface area contributed by atoms with Gasteiger partial charge in [-0.3, -0.25) is 4.79 Å². The first kappa shape index (κ1) is 15.4. The summed E-state index contributed by atoms with van der Waals surface area (Å²) < 4.78 is 11.4. The van der Waals surface area contributed by atoms with Gasteiger partial charge in [-0.05, 0) is 41.3 Å². The fourth-order valence-electron chi connectivity index (χ4n) is 3.12. The second-order valence-electron chi connectivity index (χ2n) is 5.36. The van der Waals surface area contributed by atoms with Crippen LogP contribution in [-0.4, -0.2) is 20.0 Å². The fraction of sp³-hybridized carbons (Fsp3) is 0.562. The molecule has 0 amide bonds. The van der Waals surface area contributed by atoms with Gasteiger partial charge in [-0.15, -0.1) is 0 Å². The van der Waals surface area contributed by atoms with E-state index in [0.29, 0.717) is 17.1 Å². The minimum atomic E-state index is -0.218. The molecule has 0 spiro atoms. The van der Waals surface area contributed by atoms with Crippen molar-refractivity contribution in [3.63, 3.8) is 0 Å². The molecule has 110 valence electrons. The van der Waals surface area contributed by atoms with Gasteiger partial charge in [0.25, 0.3) is 0 Å². The van der Waals surface area contributed by atoms with E-state index in [9.17, 15) is 4.79 Å². The summed E-state index contributed by atoms with van der Waals surface area (Å²) in [6, 6.07) is 3.60. The van der Waals surface area contributed by atoms with Gasteiger partial charge in [0, 0.05) is 16.0 Å². The number of benzene rings is 1. The summed E-state index contributed by atoms with van der Waals surface area (Å²) in [5.74, 6) is 1.46. The minimum absolute atomic E-state index is 0.198. The molecule has 2 rings (SSSR count). The summed E-state index contributed by atoms with van der Waals surface area (Å²) in [5.41, 5.74) is 0.432. The van der Waals surface area contributed by atoms with Crippen LogP contribution in [0.15, 0.2) is 16.6 Å². The summed E-state index contributed by atoms with van der Waals surface area (Å²) in [6.45, 7) is 2.10. The molecule has 0 N–H and O–H groups in total. The van der Waals surface area contributed by atoms with Crippen molar-refractivity contribution in [2.24, 2.45) is 5.41 Å². The highest BCUT2D eigenvalue weighted by Crippen LogP contribution is 2.46. The van der Waals surface area contributed by atoms with E-state index in [4.69, 9.17) is 9.47 Å². The molecule has 1 aromatic rings. The maximum Gasteiger partial charge on any atom is 0.173 e. The molecule has 0 aromatic heterocycles. The van der Waals surface area contributed by atoms with E-state index in [1.54, 1.807) is 20.3 Å². The molecular formula is C16H21BrO3. The van der Waals surface area contributed by atoms with Crippen LogP contribution in [0, 0.1) is 5.41 Å². The van der Waals surface area contributed by atoms with Crippen LogP contribution in [0.2, 0.25) is 0 Å². The highest BCUT2D eigenvalue weighted by atomic mass is 79.9. The van der Waals surface area contributed by atoms with Crippen molar-refractivity contribution in [3.05, 3.63) is 22.2 Å². The third-order valence-electron chi connectivity index (χ3n) is 4.43. The van der Waals surface area contributed by atoms with Gasteiger partial charge >= 0.3 is 0 Å². The Balaban J connectivity index is 2.48. The zero-order chi connectivity index (χ0) is 14.8. The standard InChI is InChI=1S/C16H21BrO3/c1-4-16(7-5-6-8-16)15(18)14-12(17)9-11(19-2)10-13(14)20-3/h9-10H,4-8H2,1-3H3. The number of hydrogen-bond donors (Lipinski definition) is 0. The van der Waals surface area contributed by atoms with E-state index in [-0.39, 0.29) is 11.2 Å². The number of carbonyl (C=O) groups is 1. The van der Waals surface area contributed by atoms with E-state index in [0.717, 1.165) is 36.6 Å². The van der Waals surface area contributed by atoms with Gasteiger partial charge in [-0.2, -0.15) is 0 Å². The summed E-state index contributed by atoms with van der Waals surface area (Å²) in [4.78, 5) is 13.0. The van der Waals surface area contributed by atoms with Crippen molar-refractivity contribution < 1.29 is 14.3 Å². The summed E-state index contributed by atoms with van der Waals surface area (Å²) in [5, 5.41) is 0. The molecule has 20 heavy (non-hydrogen) atoms. The first-order valence-electron chi connectivity index (χ1n) is 7.04. The molecule has 3 nitrogen and oxygen atoms in total. The van der Waals surface area contributed by atoms with Crippen molar-refractivity contribution in [2.75, 3.05) is 14.2 Å². The van der Waals surface area contributed by atoms with Gasteiger partial charge in [-0.1, -0.05) is 19.8 Å². The first-order chi connectivity index (χ1) is 9.57. The topological polar surface area (TPSA) is 35.5 Å². The van der Waals surface area contributed by atoms with Crippen molar-refractivity contribution in [3.8, 4) is 11.5 Å². The number of ketones is 1. The molecule has 4 heteroatoms. The van der Waals surface area contributed by atoms with Crippen LogP contribution in [0.25, 0.3) is 0 Å². The van der Waals surface area contributed by atoms with Crippen molar-refractivity contribution in [1.82, 2.24) is 0 Å². The third-order valence-corrected chi connectivity index (χ3v) is 5.05. The average molecular weight is 341 g/mol. The molecule has 1 aromatic carbocycles.